The van der Waals surface area contributed by atoms with Crippen molar-refractivity contribution in [3.05, 3.63) is 42.1 Å². The average Bonchev–Trinajstić information content (AvgIpc) is 2.53. The Hall–Kier alpha value is -2.43. The molecule has 0 fully saturated rings. The summed E-state index contributed by atoms with van der Waals surface area (Å²) in [6.07, 6.45) is 6.02. The first-order valence-corrected chi connectivity index (χ1v) is 7.61. The van der Waals surface area contributed by atoms with Gasteiger partial charge in [-0.25, -0.2) is 0 Å². The molecule has 1 amide bonds. The zero-order valence-electron chi connectivity index (χ0n) is 12.9. The number of carbonyl (C=O) groups is 1. The van der Waals surface area contributed by atoms with Gasteiger partial charge in [0, 0.05) is 11.9 Å². The number of nitrogens with one attached hydrogen (secondary N) is 1. The van der Waals surface area contributed by atoms with E-state index in [9.17, 15) is 4.79 Å². The normalized spacial score (nSPS) is 10.6. The van der Waals surface area contributed by atoms with E-state index in [1.165, 1.54) is 12.8 Å². The summed E-state index contributed by atoms with van der Waals surface area (Å²) in [6.45, 7) is 6.11. The molecule has 0 aliphatic rings. The number of fused-ring (bicyclic) bond motifs is 1. The van der Waals surface area contributed by atoms with E-state index in [-0.39, 0.29) is 11.6 Å². The molecule has 5 heteroatoms. The minimum Gasteiger partial charge on any atom is -0.396 e. The van der Waals surface area contributed by atoms with Crippen molar-refractivity contribution in [1.82, 2.24) is 15.5 Å². The molecular formula is C17H22N4O. The fourth-order valence-electron chi connectivity index (χ4n) is 2.39. The summed E-state index contributed by atoms with van der Waals surface area (Å²) >= 11 is 0. The van der Waals surface area contributed by atoms with Crippen molar-refractivity contribution in [2.45, 2.75) is 32.6 Å². The zero-order valence-corrected chi connectivity index (χ0v) is 12.9. The Balaban J connectivity index is 2.35. The maximum absolute atomic E-state index is 12.0. The van der Waals surface area contributed by atoms with Crippen molar-refractivity contribution in [3.63, 3.8) is 0 Å². The fourth-order valence-corrected chi connectivity index (χ4v) is 2.39. The Morgan fingerprint density at radius 1 is 1.36 bits per heavy atom. The van der Waals surface area contributed by atoms with E-state index in [0.29, 0.717) is 12.2 Å². The second kappa shape index (κ2) is 7.54. The van der Waals surface area contributed by atoms with E-state index in [1.54, 1.807) is 6.08 Å². The summed E-state index contributed by atoms with van der Waals surface area (Å²) in [5.41, 5.74) is 8.59. The summed E-state index contributed by atoms with van der Waals surface area (Å²) < 4.78 is 0. The Labute approximate surface area is 130 Å². The lowest BCUT2D eigenvalue weighted by Crippen LogP contribution is -2.25. The molecule has 22 heavy (non-hydrogen) atoms. The Morgan fingerprint density at radius 2 is 2.18 bits per heavy atom. The number of anilines is 1. The van der Waals surface area contributed by atoms with Crippen molar-refractivity contribution in [1.29, 1.82) is 0 Å². The number of nitrogens with zero attached hydrogens (tertiary/aromatic N) is 2. The Bertz CT molecular complexity index is 682. The van der Waals surface area contributed by atoms with Gasteiger partial charge in [-0.05, 0) is 18.4 Å². The molecule has 0 saturated carbocycles. The van der Waals surface area contributed by atoms with Crippen LogP contribution in [0.4, 0.5) is 5.69 Å². The molecule has 3 N–H and O–H groups in total. The van der Waals surface area contributed by atoms with Crippen LogP contribution in [-0.2, 0) is 6.42 Å². The average molecular weight is 298 g/mol. The minimum atomic E-state index is -0.330. The standard InChI is InChI=1S/C17H22N4O/c1-3-5-6-8-12-9-7-10-13-14(18)16(21-20-15(12)13)17(22)19-11-4-2/h4,7,9-10H,2-3,5-6,8,11H2,1H3,(H2,18,20)(H,19,22). The molecule has 2 aromatic rings. The molecule has 0 aliphatic heterocycles. The van der Waals surface area contributed by atoms with Crippen LogP contribution in [0.25, 0.3) is 10.9 Å². The number of amides is 1. The molecule has 0 bridgehead atoms. The van der Waals surface area contributed by atoms with Crippen molar-refractivity contribution in [3.8, 4) is 0 Å². The maximum Gasteiger partial charge on any atom is 0.274 e. The number of hydrogen-bond donors (Lipinski definition) is 2. The minimum absolute atomic E-state index is 0.167. The van der Waals surface area contributed by atoms with Crippen LogP contribution in [-0.4, -0.2) is 22.6 Å². The highest BCUT2D eigenvalue weighted by Crippen LogP contribution is 2.25. The highest BCUT2D eigenvalue weighted by molar-refractivity contribution is 6.05. The first-order valence-electron chi connectivity index (χ1n) is 7.61. The van der Waals surface area contributed by atoms with Crippen LogP contribution in [0.3, 0.4) is 0 Å². The third-order valence-corrected chi connectivity index (χ3v) is 3.59. The number of carbonyl (C=O) groups excluding carboxylic acids is 1. The number of nitrogen functional groups attached to an aromatic ring is 1. The number of nitrogens with two attached hydrogens (primary N) is 1. The van der Waals surface area contributed by atoms with Gasteiger partial charge in [0.25, 0.3) is 5.91 Å². The lowest BCUT2D eigenvalue weighted by molar-refractivity contribution is 0.0953. The molecule has 1 aromatic carbocycles. The van der Waals surface area contributed by atoms with Crippen LogP contribution >= 0.6 is 0 Å². The first-order chi connectivity index (χ1) is 10.7. The summed E-state index contributed by atoms with van der Waals surface area (Å²) in [6, 6.07) is 5.88. The third kappa shape index (κ3) is 3.42. The number of rotatable bonds is 7. The molecule has 0 radical (unpaired) electrons. The van der Waals surface area contributed by atoms with Gasteiger partial charge >= 0.3 is 0 Å². The topological polar surface area (TPSA) is 80.9 Å². The van der Waals surface area contributed by atoms with Crippen LogP contribution in [0.15, 0.2) is 30.9 Å². The predicted molar refractivity (Wildman–Crippen MR) is 89.7 cm³/mol. The fraction of sp³-hybridized carbons (Fsp3) is 0.353. The van der Waals surface area contributed by atoms with Gasteiger partial charge in [-0.2, -0.15) is 0 Å². The van der Waals surface area contributed by atoms with E-state index in [0.717, 1.165) is 29.3 Å². The first kappa shape index (κ1) is 15.9. The third-order valence-electron chi connectivity index (χ3n) is 3.59. The molecule has 0 unspecified atom stereocenters. The van der Waals surface area contributed by atoms with Gasteiger partial charge in [0.15, 0.2) is 5.69 Å². The predicted octanol–water partition coefficient (Wildman–Crippen LogP) is 2.86. The molecule has 0 atom stereocenters. The maximum atomic E-state index is 12.0. The van der Waals surface area contributed by atoms with Crippen LogP contribution in [0.5, 0.6) is 0 Å². The highest BCUT2D eigenvalue weighted by atomic mass is 16.1. The monoisotopic (exact) mass is 298 g/mol. The van der Waals surface area contributed by atoms with Crippen LogP contribution in [0.1, 0.15) is 42.2 Å². The highest BCUT2D eigenvalue weighted by Gasteiger charge is 2.16. The molecular weight excluding hydrogens is 276 g/mol. The molecule has 2 rings (SSSR count). The van der Waals surface area contributed by atoms with E-state index >= 15 is 0 Å². The number of benzene rings is 1. The molecule has 1 heterocycles. The van der Waals surface area contributed by atoms with Crippen molar-refractivity contribution in [2.75, 3.05) is 12.3 Å². The molecule has 0 saturated heterocycles. The summed E-state index contributed by atoms with van der Waals surface area (Å²) in [4.78, 5) is 12.0. The smallest absolute Gasteiger partial charge is 0.274 e. The van der Waals surface area contributed by atoms with Crippen LogP contribution in [0.2, 0.25) is 0 Å². The van der Waals surface area contributed by atoms with E-state index in [2.05, 4.69) is 29.0 Å². The van der Waals surface area contributed by atoms with E-state index in [4.69, 9.17) is 5.73 Å². The van der Waals surface area contributed by atoms with Gasteiger partial charge in [0.2, 0.25) is 0 Å². The van der Waals surface area contributed by atoms with Gasteiger partial charge in [0.1, 0.15) is 0 Å². The van der Waals surface area contributed by atoms with Crippen molar-refractivity contribution in [2.24, 2.45) is 0 Å². The molecule has 5 nitrogen and oxygen atoms in total. The molecule has 1 aromatic heterocycles. The van der Waals surface area contributed by atoms with Crippen molar-refractivity contribution >= 4 is 22.5 Å². The second-order valence-corrected chi connectivity index (χ2v) is 5.23. The van der Waals surface area contributed by atoms with Crippen LogP contribution in [0, 0.1) is 0 Å². The Morgan fingerprint density at radius 3 is 2.91 bits per heavy atom. The lowest BCUT2D eigenvalue weighted by Gasteiger charge is -2.10. The van der Waals surface area contributed by atoms with E-state index in [1.807, 2.05) is 18.2 Å². The molecule has 0 aliphatic carbocycles. The van der Waals surface area contributed by atoms with Crippen molar-refractivity contribution < 1.29 is 4.79 Å². The largest absolute Gasteiger partial charge is 0.396 e. The Kier molecular flexibility index (Phi) is 5.47. The lowest BCUT2D eigenvalue weighted by atomic mass is 10.0. The zero-order chi connectivity index (χ0) is 15.9. The SMILES string of the molecule is C=CCNC(=O)c1nnc2c(CCCCC)cccc2c1N. The molecule has 116 valence electrons. The van der Waals surface area contributed by atoms with Gasteiger partial charge in [0.05, 0.1) is 11.2 Å². The van der Waals surface area contributed by atoms with Gasteiger partial charge in [-0.3, -0.25) is 4.79 Å². The van der Waals surface area contributed by atoms with Gasteiger partial charge in [-0.15, -0.1) is 16.8 Å². The van der Waals surface area contributed by atoms with Gasteiger partial charge < -0.3 is 11.1 Å². The number of unbranched alkanes of at least 4 members (excludes halogenated alkanes) is 2. The number of aryl methyl sites for hydroxylation is 1. The number of hydrogen-bond acceptors (Lipinski definition) is 4. The molecule has 0 spiro atoms. The van der Waals surface area contributed by atoms with Gasteiger partial charge in [-0.1, -0.05) is 44.0 Å². The van der Waals surface area contributed by atoms with E-state index < -0.39 is 0 Å². The quantitative estimate of drug-likeness (QED) is 0.608. The van der Waals surface area contributed by atoms with Crippen LogP contribution < -0.4 is 11.1 Å². The number of aromatic nitrogens is 2. The second-order valence-electron chi connectivity index (χ2n) is 5.23. The summed E-state index contributed by atoms with van der Waals surface area (Å²) in [7, 11) is 0. The summed E-state index contributed by atoms with van der Waals surface area (Å²) in [5, 5.41) is 11.7. The summed E-state index contributed by atoms with van der Waals surface area (Å²) in [5.74, 6) is -0.330.